The number of pyridine rings is 1. The molecule has 0 radical (unpaired) electrons. The minimum atomic E-state index is -2.71. The van der Waals surface area contributed by atoms with Gasteiger partial charge in [-0.2, -0.15) is 0 Å². The van der Waals surface area contributed by atoms with Gasteiger partial charge < -0.3 is 0 Å². The van der Waals surface area contributed by atoms with Crippen LogP contribution in [-0.4, -0.2) is 23.4 Å². The number of fused-ring (bicyclic) bond motifs is 2. The molecule has 0 unspecified atom stereocenters. The van der Waals surface area contributed by atoms with Crippen molar-refractivity contribution in [1.82, 2.24) is 4.98 Å². The molecular formula is C33H43NSn. The molecule has 0 atom stereocenters. The Morgan fingerprint density at radius 3 is 1.77 bits per heavy atom. The second-order valence-electron chi connectivity index (χ2n) is 10.7. The van der Waals surface area contributed by atoms with Gasteiger partial charge in [0.1, 0.15) is 0 Å². The van der Waals surface area contributed by atoms with Crippen molar-refractivity contribution < 1.29 is 0 Å². The standard InChI is InChI=1S/C21H16N.3C4H9.Sn/c1-14-9-15(2)11-19(10-14)16-7-8-18-12-17-5-3-4-6-20(17)22-21(18)13-16;3*1-3-4-2;/h3-11,13H,1-2H3;3*1,3-4H2,2H3;. The van der Waals surface area contributed by atoms with Crippen LogP contribution in [-0.2, 0) is 0 Å². The van der Waals surface area contributed by atoms with Crippen molar-refractivity contribution in [2.24, 2.45) is 0 Å². The van der Waals surface area contributed by atoms with Gasteiger partial charge in [-0.05, 0) is 0 Å². The van der Waals surface area contributed by atoms with E-state index in [1.807, 2.05) is 0 Å². The van der Waals surface area contributed by atoms with E-state index in [0.29, 0.717) is 0 Å². The van der Waals surface area contributed by atoms with E-state index >= 15 is 0 Å². The molecule has 2 heteroatoms. The van der Waals surface area contributed by atoms with E-state index in [1.165, 1.54) is 95.9 Å². The summed E-state index contributed by atoms with van der Waals surface area (Å²) < 4.78 is 6.22. The van der Waals surface area contributed by atoms with Crippen LogP contribution in [0.2, 0.25) is 13.3 Å². The van der Waals surface area contributed by atoms with Crippen LogP contribution in [0.1, 0.15) is 70.4 Å². The Labute approximate surface area is 217 Å². The summed E-state index contributed by atoms with van der Waals surface area (Å²) in [5, 5.41) is 2.91. The summed E-state index contributed by atoms with van der Waals surface area (Å²) in [6.07, 6.45) is 8.03. The number of benzene rings is 3. The van der Waals surface area contributed by atoms with Gasteiger partial charge in [0.25, 0.3) is 0 Å². The van der Waals surface area contributed by atoms with Gasteiger partial charge in [-0.1, -0.05) is 0 Å². The number of unbranched alkanes of at least 4 members (excludes halogenated alkanes) is 3. The number of aryl methyl sites for hydroxylation is 2. The van der Waals surface area contributed by atoms with E-state index in [2.05, 4.69) is 95.3 Å². The van der Waals surface area contributed by atoms with Crippen LogP contribution < -0.4 is 3.58 Å². The van der Waals surface area contributed by atoms with E-state index in [9.17, 15) is 0 Å². The molecule has 0 spiro atoms. The predicted octanol–water partition coefficient (Wildman–Crippen LogP) is 9.73. The third-order valence-electron chi connectivity index (χ3n) is 7.79. The minimum absolute atomic E-state index is 1.19. The first-order valence-corrected chi connectivity index (χ1v) is 21.4. The van der Waals surface area contributed by atoms with Crippen molar-refractivity contribution in [3.8, 4) is 11.1 Å². The molecule has 0 fully saturated rings. The van der Waals surface area contributed by atoms with Crippen LogP contribution >= 0.6 is 0 Å². The molecule has 0 saturated heterocycles. The second kappa shape index (κ2) is 11.9. The van der Waals surface area contributed by atoms with Gasteiger partial charge in [0.2, 0.25) is 0 Å². The second-order valence-corrected chi connectivity index (χ2v) is 23.7. The van der Waals surface area contributed by atoms with Crippen molar-refractivity contribution in [3.05, 3.63) is 71.8 Å². The Hall–Kier alpha value is -1.87. The van der Waals surface area contributed by atoms with Crippen LogP contribution in [0.25, 0.3) is 32.9 Å². The molecule has 4 rings (SSSR count). The third kappa shape index (κ3) is 5.76. The summed E-state index contributed by atoms with van der Waals surface area (Å²) >= 11 is -2.71. The van der Waals surface area contributed by atoms with Gasteiger partial charge in [0.05, 0.1) is 0 Å². The maximum absolute atomic E-state index is 5.26. The zero-order valence-electron chi connectivity index (χ0n) is 22.6. The molecule has 1 aromatic heterocycles. The van der Waals surface area contributed by atoms with Gasteiger partial charge in [0, 0.05) is 0 Å². The Balaban J connectivity index is 2.00. The molecule has 0 N–H and O–H groups in total. The summed E-state index contributed by atoms with van der Waals surface area (Å²) in [5.41, 5.74) is 7.62. The first kappa shape index (κ1) is 26.2. The van der Waals surface area contributed by atoms with E-state index in [1.54, 1.807) is 3.58 Å². The average Bonchev–Trinajstić information content (AvgIpc) is 2.86. The van der Waals surface area contributed by atoms with E-state index in [-0.39, 0.29) is 0 Å². The molecular weight excluding hydrogens is 529 g/mol. The normalized spacial score (nSPS) is 12.0. The summed E-state index contributed by atoms with van der Waals surface area (Å²) in [5.74, 6) is 0. The molecule has 1 heterocycles. The fraction of sp³-hybridized carbons (Fsp3) is 0.424. The van der Waals surface area contributed by atoms with Gasteiger partial charge in [-0.3, -0.25) is 0 Å². The zero-order chi connectivity index (χ0) is 24.8. The molecule has 0 saturated carbocycles. The Bertz CT molecular complexity index is 1250. The first-order valence-electron chi connectivity index (χ1n) is 13.9. The molecule has 3 aromatic carbocycles. The van der Waals surface area contributed by atoms with Crippen LogP contribution in [0.15, 0.2) is 60.7 Å². The average molecular weight is 572 g/mol. The first-order chi connectivity index (χ1) is 17.0. The Morgan fingerprint density at radius 2 is 1.17 bits per heavy atom. The molecule has 0 aliphatic carbocycles. The topological polar surface area (TPSA) is 12.9 Å². The maximum atomic E-state index is 5.26. The van der Waals surface area contributed by atoms with Gasteiger partial charge in [-0.15, -0.1) is 0 Å². The monoisotopic (exact) mass is 573 g/mol. The van der Waals surface area contributed by atoms with Crippen molar-refractivity contribution >= 4 is 43.8 Å². The predicted molar refractivity (Wildman–Crippen MR) is 159 cm³/mol. The van der Waals surface area contributed by atoms with E-state index < -0.39 is 18.4 Å². The van der Waals surface area contributed by atoms with Crippen LogP contribution in [0.4, 0.5) is 0 Å². The zero-order valence-corrected chi connectivity index (χ0v) is 25.4. The van der Waals surface area contributed by atoms with Crippen LogP contribution in [0.5, 0.6) is 0 Å². The summed E-state index contributed by atoms with van der Waals surface area (Å²) in [4.78, 5) is 5.26. The number of aromatic nitrogens is 1. The summed E-state index contributed by atoms with van der Waals surface area (Å²) in [6, 6.07) is 23.1. The van der Waals surface area contributed by atoms with Gasteiger partial charge in [-0.25, -0.2) is 0 Å². The van der Waals surface area contributed by atoms with Crippen molar-refractivity contribution in [1.29, 1.82) is 0 Å². The fourth-order valence-electron chi connectivity index (χ4n) is 6.08. The Kier molecular flexibility index (Phi) is 8.91. The molecule has 0 aliphatic rings. The van der Waals surface area contributed by atoms with E-state index in [0.717, 1.165) is 0 Å². The number of hydrogen-bond acceptors (Lipinski definition) is 1. The molecule has 0 aliphatic heterocycles. The summed E-state index contributed by atoms with van der Waals surface area (Å²) in [6.45, 7) is 11.5. The van der Waals surface area contributed by atoms with Crippen LogP contribution in [0, 0.1) is 13.8 Å². The molecule has 0 bridgehead atoms. The van der Waals surface area contributed by atoms with Crippen molar-refractivity contribution in [2.75, 3.05) is 0 Å². The van der Waals surface area contributed by atoms with Gasteiger partial charge in [0.15, 0.2) is 0 Å². The molecule has 4 aromatic rings. The number of para-hydroxylation sites is 1. The van der Waals surface area contributed by atoms with Crippen LogP contribution in [0.3, 0.4) is 0 Å². The molecule has 0 amide bonds. The number of hydrogen-bond donors (Lipinski definition) is 0. The number of nitrogens with zero attached hydrogens (tertiary/aromatic N) is 1. The SMILES string of the molecule is CCC[CH2][Sn]([CH2]CCC)([CH2]CCC)[c]1c2ccccc2nc2cc(-c3cc(C)cc(C)c3)ccc12. The van der Waals surface area contributed by atoms with Crippen molar-refractivity contribution in [2.45, 2.75) is 86.5 Å². The molecule has 35 heavy (non-hydrogen) atoms. The molecule has 184 valence electrons. The van der Waals surface area contributed by atoms with E-state index in [4.69, 9.17) is 4.98 Å². The molecule has 1 nitrogen and oxygen atoms in total. The van der Waals surface area contributed by atoms with Crippen molar-refractivity contribution in [3.63, 3.8) is 0 Å². The fourth-order valence-corrected chi connectivity index (χ4v) is 23.7. The third-order valence-corrected chi connectivity index (χ3v) is 23.6. The Morgan fingerprint density at radius 1 is 0.600 bits per heavy atom. The van der Waals surface area contributed by atoms with Gasteiger partial charge >= 0.3 is 218 Å². The summed E-state index contributed by atoms with van der Waals surface area (Å²) in [7, 11) is 0. The number of rotatable bonds is 11. The quantitative estimate of drug-likeness (QED) is 0.129.